The molecule has 0 fully saturated rings. The number of carbonyl (C=O) groups is 1. The highest BCUT2D eigenvalue weighted by molar-refractivity contribution is 7.98. The van der Waals surface area contributed by atoms with Crippen LogP contribution >= 0.6 is 23.4 Å². The summed E-state index contributed by atoms with van der Waals surface area (Å²) >= 11 is 7.33. The maximum absolute atomic E-state index is 13.3. The van der Waals surface area contributed by atoms with Gasteiger partial charge >= 0.3 is 0 Å². The Morgan fingerprint density at radius 3 is 2.94 bits per heavy atom. The number of amides is 1. The first-order valence-corrected chi connectivity index (χ1v) is 6.56. The average molecular weight is 262 g/mol. The molecule has 1 rings (SSSR count). The zero-order chi connectivity index (χ0) is 12.1. The van der Waals surface area contributed by atoms with E-state index in [1.165, 1.54) is 18.2 Å². The summed E-state index contributed by atoms with van der Waals surface area (Å²) in [6, 6.07) is 3.94. The minimum atomic E-state index is -0.557. The maximum atomic E-state index is 13.3. The zero-order valence-corrected chi connectivity index (χ0v) is 10.7. The van der Waals surface area contributed by atoms with Crippen LogP contribution < -0.4 is 5.32 Å². The molecule has 1 aromatic rings. The van der Waals surface area contributed by atoms with Gasteiger partial charge in [0.25, 0.3) is 5.91 Å². The van der Waals surface area contributed by atoms with Gasteiger partial charge in [0.05, 0.1) is 5.56 Å². The molecule has 1 unspecified atom stereocenters. The van der Waals surface area contributed by atoms with Crippen LogP contribution in [0.25, 0.3) is 0 Å². The number of hydrogen-bond donors (Lipinski definition) is 1. The van der Waals surface area contributed by atoms with Crippen molar-refractivity contribution < 1.29 is 9.18 Å². The highest BCUT2D eigenvalue weighted by atomic mass is 35.5. The van der Waals surface area contributed by atoms with Gasteiger partial charge in [-0.25, -0.2) is 4.39 Å². The Hall–Kier alpha value is -0.740. The van der Waals surface area contributed by atoms with Gasteiger partial charge in [-0.15, -0.1) is 0 Å². The number of carbonyl (C=O) groups excluding carboxylic acids is 1. The van der Waals surface area contributed by atoms with Crippen LogP contribution in [0.15, 0.2) is 18.2 Å². The second-order valence-electron chi connectivity index (χ2n) is 3.45. The summed E-state index contributed by atoms with van der Waals surface area (Å²) in [6.07, 6.45) is 1.95. The lowest BCUT2D eigenvalue weighted by molar-refractivity contribution is 0.0939. The molecule has 16 heavy (non-hydrogen) atoms. The van der Waals surface area contributed by atoms with E-state index in [1.807, 2.05) is 13.2 Å². The van der Waals surface area contributed by atoms with Gasteiger partial charge in [0.1, 0.15) is 5.82 Å². The molecule has 0 aliphatic heterocycles. The first-order chi connectivity index (χ1) is 7.54. The number of rotatable bonds is 4. The Morgan fingerprint density at radius 2 is 2.31 bits per heavy atom. The molecule has 1 amide bonds. The monoisotopic (exact) mass is 261 g/mol. The molecule has 1 N–H and O–H groups in total. The summed E-state index contributed by atoms with van der Waals surface area (Å²) in [7, 11) is 0. The summed E-state index contributed by atoms with van der Waals surface area (Å²) < 4.78 is 13.3. The van der Waals surface area contributed by atoms with Crippen LogP contribution in [-0.4, -0.2) is 24.0 Å². The van der Waals surface area contributed by atoms with Gasteiger partial charge in [-0.05, 0) is 31.4 Å². The average Bonchev–Trinajstić information content (AvgIpc) is 2.21. The summed E-state index contributed by atoms with van der Waals surface area (Å²) in [6.45, 7) is 1.87. The lowest BCUT2D eigenvalue weighted by Crippen LogP contribution is -2.34. The topological polar surface area (TPSA) is 29.1 Å². The molecule has 0 aromatic heterocycles. The van der Waals surface area contributed by atoms with E-state index < -0.39 is 11.7 Å². The van der Waals surface area contributed by atoms with Crippen molar-refractivity contribution in [2.75, 3.05) is 12.0 Å². The fraction of sp³-hybridized carbons (Fsp3) is 0.364. The molecular formula is C11H13ClFNOS. The largest absolute Gasteiger partial charge is 0.349 e. The van der Waals surface area contributed by atoms with Crippen molar-refractivity contribution in [3.05, 3.63) is 34.6 Å². The van der Waals surface area contributed by atoms with Crippen LogP contribution in [0.4, 0.5) is 4.39 Å². The summed E-state index contributed by atoms with van der Waals surface area (Å²) in [5.74, 6) is -0.201. The molecule has 1 atom stereocenters. The van der Waals surface area contributed by atoms with Crippen molar-refractivity contribution in [3.63, 3.8) is 0 Å². The quantitative estimate of drug-likeness (QED) is 0.903. The van der Waals surface area contributed by atoms with E-state index in [-0.39, 0.29) is 11.6 Å². The van der Waals surface area contributed by atoms with Crippen molar-refractivity contribution in [1.82, 2.24) is 5.32 Å². The van der Waals surface area contributed by atoms with Crippen molar-refractivity contribution in [2.24, 2.45) is 0 Å². The van der Waals surface area contributed by atoms with Crippen LogP contribution in [0.3, 0.4) is 0 Å². The third-order valence-electron chi connectivity index (χ3n) is 1.97. The second-order valence-corrected chi connectivity index (χ2v) is 4.80. The van der Waals surface area contributed by atoms with Gasteiger partial charge in [-0.3, -0.25) is 4.79 Å². The minimum Gasteiger partial charge on any atom is -0.349 e. The van der Waals surface area contributed by atoms with Gasteiger partial charge < -0.3 is 5.32 Å². The van der Waals surface area contributed by atoms with E-state index in [0.717, 1.165) is 5.75 Å². The van der Waals surface area contributed by atoms with Crippen LogP contribution in [0.5, 0.6) is 0 Å². The SMILES string of the molecule is CSCC(C)NC(=O)c1cc(Cl)ccc1F. The van der Waals surface area contributed by atoms with Crippen LogP contribution in [-0.2, 0) is 0 Å². The predicted molar refractivity (Wildman–Crippen MR) is 66.7 cm³/mol. The summed E-state index contributed by atoms with van der Waals surface area (Å²) in [4.78, 5) is 11.7. The Morgan fingerprint density at radius 1 is 1.62 bits per heavy atom. The van der Waals surface area contributed by atoms with Crippen molar-refractivity contribution in [1.29, 1.82) is 0 Å². The van der Waals surface area contributed by atoms with Crippen molar-refractivity contribution in [3.8, 4) is 0 Å². The molecule has 1 aromatic carbocycles. The van der Waals surface area contributed by atoms with Gasteiger partial charge in [-0.2, -0.15) is 11.8 Å². The molecule has 88 valence electrons. The Balaban J connectivity index is 2.76. The molecule has 5 heteroatoms. The fourth-order valence-corrected chi connectivity index (χ4v) is 2.02. The summed E-state index contributed by atoms with van der Waals surface area (Å²) in [5.41, 5.74) is -0.0135. The van der Waals surface area contributed by atoms with Crippen molar-refractivity contribution >= 4 is 29.3 Å². The normalized spacial score (nSPS) is 12.2. The molecule has 0 radical (unpaired) electrons. The number of benzene rings is 1. The van der Waals surface area contributed by atoms with E-state index in [4.69, 9.17) is 11.6 Å². The standard InChI is InChI=1S/C11H13ClFNOS/c1-7(6-16-2)14-11(15)9-5-8(12)3-4-10(9)13/h3-5,7H,6H2,1-2H3,(H,14,15). The molecule has 0 heterocycles. The second kappa shape index (κ2) is 6.11. The van der Waals surface area contributed by atoms with Gasteiger partial charge in [-0.1, -0.05) is 11.6 Å². The van der Waals surface area contributed by atoms with Crippen LogP contribution in [0.1, 0.15) is 17.3 Å². The zero-order valence-electron chi connectivity index (χ0n) is 9.09. The first-order valence-electron chi connectivity index (χ1n) is 4.79. The smallest absolute Gasteiger partial charge is 0.254 e. The van der Waals surface area contributed by atoms with Gasteiger partial charge in [0, 0.05) is 16.8 Å². The Kier molecular flexibility index (Phi) is 5.09. The van der Waals surface area contributed by atoms with E-state index in [1.54, 1.807) is 11.8 Å². The van der Waals surface area contributed by atoms with Gasteiger partial charge in [0.15, 0.2) is 0 Å². The fourth-order valence-electron chi connectivity index (χ4n) is 1.26. The first kappa shape index (κ1) is 13.3. The van der Waals surface area contributed by atoms with Crippen LogP contribution in [0.2, 0.25) is 5.02 Å². The molecule has 2 nitrogen and oxygen atoms in total. The minimum absolute atomic E-state index is 0.000816. The third-order valence-corrected chi connectivity index (χ3v) is 3.04. The molecule has 0 aliphatic rings. The Bertz CT molecular complexity index is 386. The maximum Gasteiger partial charge on any atom is 0.254 e. The Labute approximate surface area is 104 Å². The highest BCUT2D eigenvalue weighted by Crippen LogP contribution is 2.15. The molecule has 0 aliphatic carbocycles. The van der Waals surface area contributed by atoms with Crippen LogP contribution in [0, 0.1) is 5.82 Å². The predicted octanol–water partition coefficient (Wildman–Crippen LogP) is 2.96. The highest BCUT2D eigenvalue weighted by Gasteiger charge is 2.14. The van der Waals surface area contributed by atoms with E-state index in [2.05, 4.69) is 5.32 Å². The number of nitrogens with one attached hydrogen (secondary N) is 1. The molecule has 0 saturated heterocycles. The number of hydrogen-bond acceptors (Lipinski definition) is 2. The lowest BCUT2D eigenvalue weighted by atomic mass is 10.2. The van der Waals surface area contributed by atoms with E-state index >= 15 is 0 Å². The van der Waals surface area contributed by atoms with Gasteiger partial charge in [0.2, 0.25) is 0 Å². The van der Waals surface area contributed by atoms with E-state index in [9.17, 15) is 9.18 Å². The van der Waals surface area contributed by atoms with Crippen molar-refractivity contribution in [2.45, 2.75) is 13.0 Å². The molecular weight excluding hydrogens is 249 g/mol. The number of halogens is 2. The molecule has 0 saturated carbocycles. The lowest BCUT2D eigenvalue weighted by Gasteiger charge is -2.12. The van der Waals surface area contributed by atoms with E-state index in [0.29, 0.717) is 5.02 Å². The molecule has 0 spiro atoms. The third kappa shape index (κ3) is 3.68. The molecule has 0 bridgehead atoms. The summed E-state index contributed by atoms with van der Waals surface area (Å²) in [5, 5.41) is 3.06. The number of thioether (sulfide) groups is 1.